The van der Waals surface area contributed by atoms with Crippen LogP contribution in [0.15, 0.2) is 48.5 Å². The molecule has 1 aliphatic rings. The standard InChI is InChI=1S/C23H25NO5S/c1-3-5-9-14-29-18-13-12-17(15-19(18)28-4-2)20-22(26)24(23(27)30-20)21(25)16-10-7-6-8-11-16/h6-8,10-13,15,20H,3-5,9,14H2,1-2H3. The summed E-state index contributed by atoms with van der Waals surface area (Å²) in [7, 11) is 0. The fourth-order valence-corrected chi connectivity index (χ4v) is 4.09. The van der Waals surface area contributed by atoms with Gasteiger partial charge in [-0.25, -0.2) is 4.90 Å². The molecule has 1 aliphatic heterocycles. The molecule has 30 heavy (non-hydrogen) atoms. The highest BCUT2D eigenvalue weighted by atomic mass is 32.2. The van der Waals surface area contributed by atoms with Gasteiger partial charge in [0, 0.05) is 5.56 Å². The first-order chi connectivity index (χ1) is 14.6. The van der Waals surface area contributed by atoms with Gasteiger partial charge < -0.3 is 9.47 Å². The zero-order valence-corrected chi connectivity index (χ0v) is 17.9. The van der Waals surface area contributed by atoms with Gasteiger partial charge in [0.05, 0.1) is 13.2 Å². The van der Waals surface area contributed by atoms with E-state index in [9.17, 15) is 14.4 Å². The number of nitrogens with zero attached hydrogens (tertiary/aromatic N) is 1. The molecule has 158 valence electrons. The Kier molecular flexibility index (Phi) is 7.52. The number of unbranched alkanes of at least 4 members (excludes halogenated alkanes) is 2. The molecule has 0 saturated carbocycles. The Labute approximate surface area is 180 Å². The largest absolute Gasteiger partial charge is 0.490 e. The molecule has 1 heterocycles. The summed E-state index contributed by atoms with van der Waals surface area (Å²) < 4.78 is 11.5. The predicted molar refractivity (Wildman–Crippen MR) is 116 cm³/mol. The van der Waals surface area contributed by atoms with E-state index in [2.05, 4.69) is 6.92 Å². The van der Waals surface area contributed by atoms with Crippen molar-refractivity contribution in [3.8, 4) is 11.5 Å². The number of rotatable bonds is 9. The maximum atomic E-state index is 12.9. The number of amides is 3. The molecule has 1 fully saturated rings. The number of ether oxygens (including phenoxy) is 2. The minimum atomic E-state index is -0.793. The molecule has 0 aromatic heterocycles. The quantitative estimate of drug-likeness (QED) is 0.403. The fourth-order valence-electron chi connectivity index (χ4n) is 3.12. The lowest BCUT2D eigenvalue weighted by atomic mass is 10.1. The number of imide groups is 3. The van der Waals surface area contributed by atoms with Crippen LogP contribution in [0.3, 0.4) is 0 Å². The minimum absolute atomic E-state index is 0.297. The van der Waals surface area contributed by atoms with Crippen LogP contribution in [0.25, 0.3) is 0 Å². The summed E-state index contributed by atoms with van der Waals surface area (Å²) in [6.07, 6.45) is 3.14. The number of hydrogen-bond donors (Lipinski definition) is 0. The van der Waals surface area contributed by atoms with Gasteiger partial charge in [-0.05, 0) is 54.9 Å². The molecular weight excluding hydrogens is 402 g/mol. The van der Waals surface area contributed by atoms with Crippen LogP contribution in [-0.2, 0) is 4.79 Å². The van der Waals surface area contributed by atoms with Crippen LogP contribution in [0.1, 0.15) is 54.3 Å². The summed E-state index contributed by atoms with van der Waals surface area (Å²) in [5.41, 5.74) is 0.900. The van der Waals surface area contributed by atoms with Crippen molar-refractivity contribution in [1.82, 2.24) is 4.90 Å². The number of hydrogen-bond acceptors (Lipinski definition) is 6. The summed E-state index contributed by atoms with van der Waals surface area (Å²) in [4.78, 5) is 38.8. The number of carbonyl (C=O) groups is 3. The van der Waals surface area contributed by atoms with Gasteiger partial charge in [0.1, 0.15) is 5.25 Å². The SMILES string of the molecule is CCCCCOc1ccc(C2SC(=O)N(C(=O)c3ccccc3)C2=O)cc1OCC. The third kappa shape index (κ3) is 4.84. The second-order valence-corrected chi connectivity index (χ2v) is 7.86. The summed E-state index contributed by atoms with van der Waals surface area (Å²) in [6, 6.07) is 13.5. The van der Waals surface area contributed by atoms with Gasteiger partial charge in [-0.1, -0.05) is 44.0 Å². The molecule has 2 aromatic rings. The molecule has 0 aliphatic carbocycles. The van der Waals surface area contributed by atoms with Gasteiger partial charge in [-0.15, -0.1) is 0 Å². The van der Waals surface area contributed by atoms with E-state index >= 15 is 0 Å². The molecule has 0 bridgehead atoms. The van der Waals surface area contributed by atoms with Gasteiger partial charge in [0.2, 0.25) is 0 Å². The maximum Gasteiger partial charge on any atom is 0.296 e. The molecule has 3 rings (SSSR count). The molecular formula is C23H25NO5S. The van der Waals surface area contributed by atoms with E-state index in [1.165, 1.54) is 0 Å². The Hall–Kier alpha value is -2.80. The highest BCUT2D eigenvalue weighted by Crippen LogP contribution is 2.42. The van der Waals surface area contributed by atoms with Gasteiger partial charge in [-0.3, -0.25) is 14.4 Å². The van der Waals surface area contributed by atoms with Crippen LogP contribution < -0.4 is 9.47 Å². The van der Waals surface area contributed by atoms with E-state index in [0.29, 0.717) is 35.8 Å². The van der Waals surface area contributed by atoms with Crippen molar-refractivity contribution in [2.24, 2.45) is 0 Å². The lowest BCUT2D eigenvalue weighted by Crippen LogP contribution is -2.35. The Morgan fingerprint density at radius 1 is 1.00 bits per heavy atom. The first kappa shape index (κ1) is 21.9. The molecule has 7 heteroatoms. The van der Waals surface area contributed by atoms with E-state index in [1.54, 1.807) is 48.5 Å². The van der Waals surface area contributed by atoms with Gasteiger partial charge in [0.15, 0.2) is 11.5 Å². The van der Waals surface area contributed by atoms with E-state index < -0.39 is 22.3 Å². The summed E-state index contributed by atoms with van der Waals surface area (Å²) in [5.74, 6) is -0.0182. The van der Waals surface area contributed by atoms with Crippen LogP contribution in [0, 0.1) is 0 Å². The number of thioether (sulfide) groups is 1. The highest BCUT2D eigenvalue weighted by molar-refractivity contribution is 8.15. The fraction of sp³-hybridized carbons (Fsp3) is 0.348. The van der Waals surface area contributed by atoms with Crippen LogP contribution in [0.2, 0.25) is 0 Å². The minimum Gasteiger partial charge on any atom is -0.490 e. The third-order valence-corrected chi connectivity index (χ3v) is 5.74. The number of carbonyl (C=O) groups excluding carboxylic acids is 3. The Bertz CT molecular complexity index is 915. The van der Waals surface area contributed by atoms with Gasteiger partial charge >= 0.3 is 0 Å². The lowest BCUT2D eigenvalue weighted by molar-refractivity contribution is -0.124. The Morgan fingerprint density at radius 3 is 2.47 bits per heavy atom. The normalized spacial score (nSPS) is 16.1. The molecule has 0 spiro atoms. The van der Waals surface area contributed by atoms with Crippen LogP contribution >= 0.6 is 11.8 Å². The average molecular weight is 428 g/mol. The lowest BCUT2D eigenvalue weighted by Gasteiger charge is -2.15. The Balaban J connectivity index is 1.79. The van der Waals surface area contributed by atoms with Crippen molar-refractivity contribution in [2.45, 2.75) is 38.4 Å². The maximum absolute atomic E-state index is 12.9. The van der Waals surface area contributed by atoms with Crippen molar-refractivity contribution >= 4 is 28.8 Å². The third-order valence-electron chi connectivity index (χ3n) is 4.65. The summed E-state index contributed by atoms with van der Waals surface area (Å²) in [6.45, 7) is 5.02. The summed E-state index contributed by atoms with van der Waals surface area (Å²) >= 11 is 0.835. The van der Waals surface area contributed by atoms with Crippen LogP contribution in [0.5, 0.6) is 11.5 Å². The molecule has 1 unspecified atom stereocenters. The van der Waals surface area contributed by atoms with Crippen LogP contribution in [-0.4, -0.2) is 35.2 Å². The molecule has 6 nitrogen and oxygen atoms in total. The monoisotopic (exact) mass is 427 g/mol. The molecule has 0 N–H and O–H groups in total. The predicted octanol–water partition coefficient (Wildman–Crippen LogP) is 5.23. The topological polar surface area (TPSA) is 72.9 Å². The molecule has 1 saturated heterocycles. The van der Waals surface area contributed by atoms with Gasteiger partial charge in [0.25, 0.3) is 17.1 Å². The first-order valence-corrected chi connectivity index (χ1v) is 11.0. The first-order valence-electron chi connectivity index (χ1n) is 10.1. The highest BCUT2D eigenvalue weighted by Gasteiger charge is 2.44. The van der Waals surface area contributed by atoms with Crippen molar-refractivity contribution in [1.29, 1.82) is 0 Å². The Morgan fingerprint density at radius 2 is 1.77 bits per heavy atom. The van der Waals surface area contributed by atoms with Crippen molar-refractivity contribution in [2.75, 3.05) is 13.2 Å². The van der Waals surface area contributed by atoms with Crippen molar-refractivity contribution < 1.29 is 23.9 Å². The second-order valence-electron chi connectivity index (χ2n) is 6.80. The summed E-state index contributed by atoms with van der Waals surface area (Å²) in [5, 5.41) is -1.37. The molecule has 3 amide bonds. The van der Waals surface area contributed by atoms with E-state index in [4.69, 9.17) is 9.47 Å². The van der Waals surface area contributed by atoms with E-state index in [0.717, 1.165) is 35.9 Å². The zero-order chi connectivity index (χ0) is 21.5. The van der Waals surface area contributed by atoms with E-state index in [-0.39, 0.29) is 0 Å². The van der Waals surface area contributed by atoms with Crippen molar-refractivity contribution in [3.63, 3.8) is 0 Å². The average Bonchev–Trinajstić information content (AvgIpc) is 3.06. The van der Waals surface area contributed by atoms with Gasteiger partial charge in [-0.2, -0.15) is 0 Å². The molecule has 1 atom stereocenters. The zero-order valence-electron chi connectivity index (χ0n) is 17.1. The number of benzene rings is 2. The molecule has 2 aromatic carbocycles. The van der Waals surface area contributed by atoms with Crippen LogP contribution in [0.4, 0.5) is 4.79 Å². The van der Waals surface area contributed by atoms with E-state index in [1.807, 2.05) is 6.92 Å². The smallest absolute Gasteiger partial charge is 0.296 e. The van der Waals surface area contributed by atoms with Crippen molar-refractivity contribution in [3.05, 3.63) is 59.7 Å². The second kappa shape index (κ2) is 10.3. The molecule has 0 radical (unpaired) electrons.